The van der Waals surface area contributed by atoms with Crippen LogP contribution in [0.5, 0.6) is 5.75 Å². The van der Waals surface area contributed by atoms with E-state index in [-0.39, 0.29) is 41.7 Å². The van der Waals surface area contributed by atoms with Gasteiger partial charge in [-0.3, -0.25) is 23.9 Å². The lowest BCUT2D eigenvalue weighted by Gasteiger charge is -2.25. The minimum atomic E-state index is -4.42. The first-order valence-electron chi connectivity index (χ1n) is 12.5. The molecule has 0 spiro atoms. The molecule has 4 atom stereocenters. The third kappa shape index (κ3) is 6.41. The molecule has 0 bridgehead atoms. The van der Waals surface area contributed by atoms with Gasteiger partial charge in [0.2, 0.25) is 11.6 Å². The van der Waals surface area contributed by atoms with Crippen LogP contribution in [0.1, 0.15) is 44.6 Å². The molecule has 0 saturated heterocycles. The van der Waals surface area contributed by atoms with Crippen LogP contribution in [-0.4, -0.2) is 54.4 Å². The largest absolute Gasteiger partial charge is 0.508 e. The number of carbonyl (C=O) groups excluding carboxylic acids is 1. The highest BCUT2D eigenvalue weighted by Gasteiger charge is 2.47. The number of para-hydroxylation sites is 1. The van der Waals surface area contributed by atoms with Crippen LogP contribution < -0.4 is 20.9 Å². The zero-order valence-corrected chi connectivity index (χ0v) is 24.8. The molecule has 16 nitrogen and oxygen atoms in total. The molecule has 226 valence electrons. The monoisotopic (exact) mass is 624 g/mol. The number of imidazole rings is 1. The highest BCUT2D eigenvalue weighted by molar-refractivity contribution is 7.52. The van der Waals surface area contributed by atoms with Crippen molar-refractivity contribution in [3.63, 3.8) is 0 Å². The molecule has 1 aliphatic heterocycles. The summed E-state index contributed by atoms with van der Waals surface area (Å²) < 4.78 is 37.2. The van der Waals surface area contributed by atoms with Gasteiger partial charge in [-0.1, -0.05) is 18.2 Å². The number of anilines is 1. The molecule has 2 aromatic heterocycles. The number of nitrogen functional groups attached to an aromatic ring is 1. The van der Waals surface area contributed by atoms with Crippen molar-refractivity contribution in [2.24, 2.45) is 5.41 Å². The van der Waals surface area contributed by atoms with Gasteiger partial charge in [0.05, 0.1) is 21.1 Å². The van der Waals surface area contributed by atoms with Crippen molar-refractivity contribution in [2.75, 3.05) is 12.3 Å². The smallest absolute Gasteiger partial charge is 0.459 e. The van der Waals surface area contributed by atoms with Crippen molar-refractivity contribution in [3.05, 3.63) is 63.6 Å². The van der Waals surface area contributed by atoms with Gasteiger partial charge in [-0.2, -0.15) is 5.09 Å². The number of rotatable bonds is 12. The van der Waals surface area contributed by atoms with E-state index in [1.807, 2.05) is 0 Å². The molecule has 6 N–H and O–H groups in total. The predicted molar refractivity (Wildman–Crippen MR) is 150 cm³/mol. The molecule has 3 heterocycles. The minimum Gasteiger partial charge on any atom is -0.508 e. The average molecular weight is 624 g/mol. The van der Waals surface area contributed by atoms with Gasteiger partial charge in [-0.05, 0) is 38.8 Å². The number of hydrogen-bond donors (Lipinski definition) is 5. The SMILES string of the molecule is C[C@H](NP(=O)(OCC1=C(O)C(C)(C)[C@H](c2cnc3c(=O)[nH]c(N)nn23)O1)Oc1ccccc1CCC(=O)O)C(=O)OP. The fourth-order valence-corrected chi connectivity index (χ4v) is 5.95. The summed E-state index contributed by atoms with van der Waals surface area (Å²) in [6.45, 7) is 4.12. The molecule has 2 unspecified atom stereocenters. The topological polar surface area (TPSA) is 230 Å². The fourth-order valence-electron chi connectivity index (χ4n) is 4.26. The van der Waals surface area contributed by atoms with Crippen LogP contribution in [-0.2, 0) is 34.4 Å². The first-order chi connectivity index (χ1) is 19.8. The van der Waals surface area contributed by atoms with E-state index in [1.165, 1.54) is 23.7 Å². The minimum absolute atomic E-state index is 0.0404. The maximum Gasteiger partial charge on any atom is 0.459 e. The van der Waals surface area contributed by atoms with E-state index >= 15 is 0 Å². The van der Waals surface area contributed by atoms with Crippen LogP contribution in [0.15, 0.2) is 46.8 Å². The lowest BCUT2D eigenvalue weighted by atomic mass is 9.84. The number of carboxylic acids is 1. The van der Waals surface area contributed by atoms with Gasteiger partial charge in [0.25, 0.3) is 5.56 Å². The fraction of sp³-hybridized carbons (Fsp3) is 0.375. The van der Waals surface area contributed by atoms with Gasteiger partial charge in [0, 0.05) is 6.42 Å². The Hall–Kier alpha value is -3.97. The molecule has 0 radical (unpaired) electrons. The standard InChI is InChI=1S/C24H30N6O10P2/c1-12(22(35)39-41)29-42(36,40-15-7-5-4-6-13(15)8-9-17(31)32)37-11-16-18(33)24(2,3)19(38-16)14-10-26-20-21(34)27-23(25)28-30(14)20/h4-7,10,12,19,33H,8-9,11,41H2,1-3H3,(H,29,36)(H,31,32)(H3,25,27,28,34)/t12-,19-,42?/m0/s1. The molecule has 0 aliphatic carbocycles. The van der Waals surface area contributed by atoms with Crippen LogP contribution in [0.2, 0.25) is 0 Å². The Labute approximate surface area is 241 Å². The number of fused-ring (bicyclic) bond motifs is 1. The lowest BCUT2D eigenvalue weighted by Crippen LogP contribution is -2.34. The van der Waals surface area contributed by atoms with Crippen molar-refractivity contribution >= 4 is 40.7 Å². The number of carboxylic acid groups (broad SMARTS) is 1. The number of ether oxygens (including phenoxy) is 1. The van der Waals surface area contributed by atoms with Crippen molar-refractivity contribution in [3.8, 4) is 5.75 Å². The first-order valence-corrected chi connectivity index (χ1v) is 14.5. The summed E-state index contributed by atoms with van der Waals surface area (Å²) in [6, 6.07) is 5.16. The summed E-state index contributed by atoms with van der Waals surface area (Å²) >= 11 is 0. The summed E-state index contributed by atoms with van der Waals surface area (Å²) in [5.74, 6) is -2.28. The number of nitrogens with two attached hydrogens (primary N) is 1. The number of aromatic amines is 1. The molecule has 1 aliphatic rings. The van der Waals surface area contributed by atoms with Gasteiger partial charge in [0.15, 0.2) is 11.9 Å². The highest BCUT2D eigenvalue weighted by atomic mass is 31.2. The Morgan fingerprint density at radius 3 is 2.76 bits per heavy atom. The van der Waals surface area contributed by atoms with Crippen LogP contribution >= 0.6 is 17.2 Å². The summed E-state index contributed by atoms with van der Waals surface area (Å²) in [5.41, 5.74) is 4.73. The number of aromatic nitrogens is 4. The van der Waals surface area contributed by atoms with Gasteiger partial charge < -0.3 is 29.7 Å². The molecule has 3 aromatic rings. The number of aliphatic hydroxyl groups excluding tert-OH is 1. The zero-order valence-electron chi connectivity index (χ0n) is 22.8. The highest BCUT2D eigenvalue weighted by Crippen LogP contribution is 2.52. The lowest BCUT2D eigenvalue weighted by molar-refractivity contribution is -0.137. The number of aryl methyl sites for hydroxylation is 1. The van der Waals surface area contributed by atoms with Gasteiger partial charge >= 0.3 is 19.7 Å². The maximum absolute atomic E-state index is 14.0. The van der Waals surface area contributed by atoms with E-state index in [9.17, 15) is 24.1 Å². The second kappa shape index (κ2) is 12.1. The Bertz CT molecular complexity index is 1650. The van der Waals surface area contributed by atoms with Crippen molar-refractivity contribution < 1.29 is 42.7 Å². The third-order valence-electron chi connectivity index (χ3n) is 6.46. The number of carbonyl (C=O) groups is 2. The van der Waals surface area contributed by atoms with E-state index in [2.05, 4.69) is 24.7 Å². The second-order valence-electron chi connectivity index (χ2n) is 9.90. The average Bonchev–Trinajstić information content (AvgIpc) is 3.44. The van der Waals surface area contributed by atoms with Crippen molar-refractivity contribution in [1.82, 2.24) is 24.7 Å². The van der Waals surface area contributed by atoms with Crippen LogP contribution in [0, 0.1) is 5.41 Å². The summed E-state index contributed by atoms with van der Waals surface area (Å²) in [7, 11) is -2.63. The maximum atomic E-state index is 14.0. The second-order valence-corrected chi connectivity index (χ2v) is 11.8. The number of H-pyrrole nitrogens is 1. The predicted octanol–water partition coefficient (Wildman–Crippen LogP) is 2.40. The van der Waals surface area contributed by atoms with Crippen molar-refractivity contribution in [2.45, 2.75) is 45.8 Å². The molecule has 0 saturated carbocycles. The number of nitrogens with one attached hydrogen (secondary N) is 2. The molecular weight excluding hydrogens is 594 g/mol. The Morgan fingerprint density at radius 2 is 2.07 bits per heavy atom. The molecule has 1 aromatic carbocycles. The summed E-state index contributed by atoms with van der Waals surface area (Å²) in [5, 5.41) is 26.7. The Kier molecular flexibility index (Phi) is 8.92. The van der Waals surface area contributed by atoms with Crippen LogP contribution in [0.25, 0.3) is 5.65 Å². The first kappa shape index (κ1) is 31.0. The summed E-state index contributed by atoms with van der Waals surface area (Å²) in [4.78, 5) is 41.9. The molecule has 18 heteroatoms. The number of benzene rings is 1. The quantitative estimate of drug-likeness (QED) is 0.182. The normalized spacial score (nSPS) is 18.3. The Balaban J connectivity index is 1.61. The van der Waals surface area contributed by atoms with Crippen molar-refractivity contribution in [1.29, 1.82) is 0 Å². The Morgan fingerprint density at radius 1 is 1.36 bits per heavy atom. The zero-order chi connectivity index (χ0) is 30.8. The van der Waals surface area contributed by atoms with Gasteiger partial charge in [0.1, 0.15) is 29.9 Å². The molecule has 42 heavy (non-hydrogen) atoms. The summed E-state index contributed by atoms with van der Waals surface area (Å²) in [6.07, 6.45) is 0.298. The molecule has 0 amide bonds. The number of hydrogen-bond acceptors (Lipinski definition) is 12. The van der Waals surface area contributed by atoms with E-state index in [1.54, 1.807) is 41.5 Å². The number of aliphatic hydroxyl groups is 1. The number of aliphatic carboxylic acids is 1. The molecule has 4 rings (SSSR count). The number of nitrogens with zero attached hydrogens (tertiary/aromatic N) is 3. The van der Waals surface area contributed by atoms with E-state index in [0.717, 1.165) is 0 Å². The van der Waals surface area contributed by atoms with Crippen LogP contribution in [0.4, 0.5) is 5.95 Å². The van der Waals surface area contributed by atoms with Gasteiger partial charge in [-0.25, -0.2) is 14.1 Å². The van der Waals surface area contributed by atoms with Gasteiger partial charge in [-0.15, -0.1) is 5.10 Å². The van der Waals surface area contributed by atoms with E-state index in [0.29, 0.717) is 11.3 Å². The van der Waals surface area contributed by atoms with Crippen LogP contribution in [0.3, 0.4) is 0 Å². The third-order valence-corrected chi connectivity index (χ3v) is 8.30. The molecular formula is C24H30N6O10P2. The van der Waals surface area contributed by atoms with E-state index < -0.39 is 49.4 Å². The molecule has 0 fully saturated rings. The van der Waals surface area contributed by atoms with E-state index in [4.69, 9.17) is 24.6 Å².